The summed E-state index contributed by atoms with van der Waals surface area (Å²) in [4.78, 5) is 2.46. The highest BCUT2D eigenvalue weighted by atomic mass is 19.1. The zero-order valence-corrected chi connectivity index (χ0v) is 18.3. The average Bonchev–Trinajstić information content (AvgIpc) is 2.73. The number of hydrogen-bond donors (Lipinski definition) is 0. The fraction of sp³-hybridized carbons (Fsp3) is 0.556. The third-order valence-electron chi connectivity index (χ3n) is 7.34. The van der Waals surface area contributed by atoms with Crippen molar-refractivity contribution in [2.75, 3.05) is 19.6 Å². The van der Waals surface area contributed by atoms with E-state index in [1.165, 1.54) is 5.56 Å². The van der Waals surface area contributed by atoms with E-state index in [1.807, 2.05) is 18.2 Å². The van der Waals surface area contributed by atoms with Crippen LogP contribution in [-0.4, -0.2) is 24.5 Å². The maximum Gasteiger partial charge on any atom is 0.136 e. The minimum Gasteiger partial charge on any atom is -0.303 e. The monoisotopic (exact) mass is 411 g/mol. The Morgan fingerprint density at radius 3 is 1.87 bits per heavy atom. The molecule has 0 spiro atoms. The minimum atomic E-state index is -1.23. The molecular weight excluding hydrogens is 376 g/mol. The van der Waals surface area contributed by atoms with Gasteiger partial charge in [0.15, 0.2) is 0 Å². The van der Waals surface area contributed by atoms with Crippen molar-refractivity contribution in [3.05, 3.63) is 70.8 Å². The van der Waals surface area contributed by atoms with Crippen molar-refractivity contribution in [1.82, 2.24) is 4.90 Å². The van der Waals surface area contributed by atoms with E-state index < -0.39 is 11.3 Å². The predicted molar refractivity (Wildman–Crippen MR) is 120 cm³/mol. The maximum atomic E-state index is 15.4. The van der Waals surface area contributed by atoms with Crippen LogP contribution in [0.3, 0.4) is 0 Å². The standard InChI is InChI=1S/C27H35F2N/c1-2-30(21-15-22-10-4-3-5-11-22)20-7-12-23-24(26(28)16-8-17-26)13-6-14-25(23)27(29)18-9-19-27/h3-6,10-11,13-14H,2,7-9,12,15-21H2,1H3. The zero-order valence-electron chi connectivity index (χ0n) is 18.3. The van der Waals surface area contributed by atoms with Crippen LogP contribution in [0.1, 0.15) is 74.1 Å². The predicted octanol–water partition coefficient (Wildman–Crippen LogP) is 6.88. The van der Waals surface area contributed by atoms with Crippen LogP contribution in [0.25, 0.3) is 0 Å². The number of rotatable bonds is 10. The fourth-order valence-corrected chi connectivity index (χ4v) is 5.05. The summed E-state index contributed by atoms with van der Waals surface area (Å²) in [7, 11) is 0. The number of alkyl halides is 2. The second-order valence-corrected chi connectivity index (χ2v) is 9.24. The van der Waals surface area contributed by atoms with E-state index in [4.69, 9.17) is 0 Å². The Balaban J connectivity index is 1.44. The van der Waals surface area contributed by atoms with Crippen molar-refractivity contribution in [2.24, 2.45) is 0 Å². The Kier molecular flexibility index (Phi) is 6.57. The van der Waals surface area contributed by atoms with Crippen LogP contribution in [0.2, 0.25) is 0 Å². The summed E-state index contributed by atoms with van der Waals surface area (Å²) >= 11 is 0. The number of nitrogens with zero attached hydrogens (tertiary/aromatic N) is 1. The molecule has 0 heterocycles. The number of benzene rings is 2. The van der Waals surface area contributed by atoms with Crippen molar-refractivity contribution in [1.29, 1.82) is 0 Å². The normalized spacial score (nSPS) is 19.3. The number of hydrogen-bond acceptors (Lipinski definition) is 1. The molecule has 3 heteroatoms. The van der Waals surface area contributed by atoms with Gasteiger partial charge in [-0.1, -0.05) is 55.5 Å². The first-order chi connectivity index (χ1) is 14.5. The fourth-order valence-electron chi connectivity index (χ4n) is 5.05. The molecule has 0 aromatic heterocycles. The topological polar surface area (TPSA) is 3.24 Å². The van der Waals surface area contributed by atoms with Crippen LogP contribution in [0.15, 0.2) is 48.5 Å². The van der Waals surface area contributed by atoms with Crippen molar-refractivity contribution in [2.45, 2.75) is 76.0 Å². The highest BCUT2D eigenvalue weighted by molar-refractivity contribution is 5.44. The first-order valence-electron chi connectivity index (χ1n) is 11.8. The SMILES string of the molecule is CCN(CCCc1c(C2(F)CCC2)cccc1C1(F)CCC1)CCc1ccccc1. The van der Waals surface area contributed by atoms with Gasteiger partial charge in [-0.3, -0.25) is 0 Å². The van der Waals surface area contributed by atoms with Crippen LogP contribution in [0.4, 0.5) is 8.78 Å². The molecule has 4 rings (SSSR count). The van der Waals surface area contributed by atoms with E-state index in [2.05, 4.69) is 42.2 Å². The van der Waals surface area contributed by atoms with E-state index in [0.29, 0.717) is 25.7 Å². The molecule has 0 amide bonds. The summed E-state index contributed by atoms with van der Waals surface area (Å²) in [6.07, 6.45) is 6.96. The van der Waals surface area contributed by atoms with E-state index in [0.717, 1.165) is 68.4 Å². The Bertz CT molecular complexity index is 786. The lowest BCUT2D eigenvalue weighted by Gasteiger charge is -2.40. The van der Waals surface area contributed by atoms with Gasteiger partial charge in [0.25, 0.3) is 0 Å². The molecule has 2 aliphatic carbocycles. The Labute approximate surface area is 180 Å². The Morgan fingerprint density at radius 1 is 0.767 bits per heavy atom. The molecule has 0 unspecified atom stereocenters. The maximum absolute atomic E-state index is 15.4. The summed E-state index contributed by atoms with van der Waals surface area (Å²) in [5.74, 6) is 0. The zero-order chi connectivity index (χ0) is 21.0. The molecule has 2 aromatic rings. The van der Waals surface area contributed by atoms with E-state index in [-0.39, 0.29) is 0 Å². The largest absolute Gasteiger partial charge is 0.303 e. The van der Waals surface area contributed by atoms with Crippen LogP contribution >= 0.6 is 0 Å². The van der Waals surface area contributed by atoms with Gasteiger partial charge in [-0.25, -0.2) is 8.78 Å². The van der Waals surface area contributed by atoms with Gasteiger partial charge >= 0.3 is 0 Å². The highest BCUT2D eigenvalue weighted by Crippen LogP contribution is 2.51. The summed E-state index contributed by atoms with van der Waals surface area (Å²) in [5, 5.41) is 0. The first kappa shape index (κ1) is 21.5. The first-order valence-corrected chi connectivity index (χ1v) is 11.8. The minimum absolute atomic E-state index is 0.584. The summed E-state index contributed by atoms with van der Waals surface area (Å²) < 4.78 is 30.8. The van der Waals surface area contributed by atoms with E-state index in [9.17, 15) is 0 Å². The van der Waals surface area contributed by atoms with Gasteiger partial charge in [-0.05, 0) is 93.1 Å². The molecule has 162 valence electrons. The van der Waals surface area contributed by atoms with Crippen molar-refractivity contribution >= 4 is 0 Å². The molecule has 2 saturated carbocycles. The molecule has 0 radical (unpaired) electrons. The molecule has 1 nitrogen and oxygen atoms in total. The van der Waals surface area contributed by atoms with Crippen molar-refractivity contribution in [3.8, 4) is 0 Å². The highest BCUT2D eigenvalue weighted by Gasteiger charge is 2.45. The summed E-state index contributed by atoms with van der Waals surface area (Å²) in [6, 6.07) is 16.3. The average molecular weight is 412 g/mol. The second-order valence-electron chi connectivity index (χ2n) is 9.24. The van der Waals surface area contributed by atoms with Crippen LogP contribution in [-0.2, 0) is 24.2 Å². The van der Waals surface area contributed by atoms with E-state index >= 15 is 8.78 Å². The molecule has 0 N–H and O–H groups in total. The van der Waals surface area contributed by atoms with Crippen molar-refractivity contribution in [3.63, 3.8) is 0 Å². The lowest BCUT2D eigenvalue weighted by atomic mass is 9.69. The molecule has 0 bridgehead atoms. The molecule has 2 aromatic carbocycles. The molecule has 30 heavy (non-hydrogen) atoms. The Hall–Kier alpha value is -1.74. The van der Waals surface area contributed by atoms with Gasteiger partial charge in [0.2, 0.25) is 0 Å². The van der Waals surface area contributed by atoms with Gasteiger partial charge in [0.1, 0.15) is 11.3 Å². The van der Waals surface area contributed by atoms with Crippen LogP contribution in [0, 0.1) is 0 Å². The quantitative estimate of drug-likeness (QED) is 0.412. The molecule has 0 saturated heterocycles. The van der Waals surface area contributed by atoms with Crippen LogP contribution < -0.4 is 0 Å². The smallest absolute Gasteiger partial charge is 0.136 e. The molecule has 0 aliphatic heterocycles. The third kappa shape index (κ3) is 4.46. The van der Waals surface area contributed by atoms with Gasteiger partial charge < -0.3 is 4.90 Å². The molecule has 0 atom stereocenters. The van der Waals surface area contributed by atoms with Crippen LogP contribution in [0.5, 0.6) is 0 Å². The van der Waals surface area contributed by atoms with E-state index in [1.54, 1.807) is 0 Å². The molecular formula is C27H35F2N. The molecule has 2 fully saturated rings. The second kappa shape index (κ2) is 9.18. The summed E-state index contributed by atoms with van der Waals surface area (Å²) in [5.41, 5.74) is 1.43. The third-order valence-corrected chi connectivity index (χ3v) is 7.34. The van der Waals surface area contributed by atoms with Gasteiger partial charge in [-0.2, -0.15) is 0 Å². The number of likely N-dealkylation sites (N-methyl/N-ethyl adjacent to an activating group) is 1. The lowest BCUT2D eigenvalue weighted by molar-refractivity contribution is 0.0513. The van der Waals surface area contributed by atoms with Gasteiger partial charge in [0.05, 0.1) is 0 Å². The Morgan fingerprint density at radius 2 is 1.37 bits per heavy atom. The molecule has 2 aliphatic rings. The lowest BCUT2D eigenvalue weighted by Crippen LogP contribution is -2.34. The van der Waals surface area contributed by atoms with Crippen molar-refractivity contribution < 1.29 is 8.78 Å². The van der Waals surface area contributed by atoms with Gasteiger partial charge in [0, 0.05) is 6.54 Å². The summed E-state index contributed by atoms with van der Waals surface area (Å²) in [6.45, 7) is 5.19. The number of halogens is 2. The van der Waals surface area contributed by atoms with Gasteiger partial charge in [-0.15, -0.1) is 0 Å².